The average molecular weight is 257 g/mol. The number of hydrogen-bond donors (Lipinski definition) is 1. The first-order valence-corrected chi connectivity index (χ1v) is 5.37. The number of aryl methyl sites for hydroxylation is 1. The molecule has 0 saturated carbocycles. The topological polar surface area (TPSA) is 29.5 Å². The van der Waals surface area contributed by atoms with Crippen LogP contribution >= 0.6 is 15.9 Å². The molecule has 1 aromatic carbocycles. The van der Waals surface area contributed by atoms with Crippen molar-refractivity contribution in [2.24, 2.45) is 0 Å². The largest absolute Gasteiger partial charge is 0.489 e. The molecule has 1 rings (SSSR count). The molecule has 1 N–H and O–H groups in total. The Labute approximate surface area is 93.8 Å². The fourth-order valence-corrected chi connectivity index (χ4v) is 2.08. The molecule has 0 aliphatic rings. The smallest absolute Gasteiger partial charge is 0.139 e. The van der Waals surface area contributed by atoms with Gasteiger partial charge in [-0.25, -0.2) is 0 Å². The minimum Gasteiger partial charge on any atom is -0.489 e. The van der Waals surface area contributed by atoms with Crippen LogP contribution in [0.5, 0.6) is 5.75 Å². The summed E-state index contributed by atoms with van der Waals surface area (Å²) in [4.78, 5) is 0. The first-order valence-electron chi connectivity index (χ1n) is 4.58. The van der Waals surface area contributed by atoms with Crippen molar-refractivity contribution in [1.29, 1.82) is 0 Å². The van der Waals surface area contributed by atoms with Crippen molar-refractivity contribution in [3.05, 3.63) is 22.2 Å². The van der Waals surface area contributed by atoms with Gasteiger partial charge >= 0.3 is 0 Å². The summed E-state index contributed by atoms with van der Waals surface area (Å²) in [6.45, 7) is 4.02. The summed E-state index contributed by atoms with van der Waals surface area (Å²) in [5, 5.41) is 9.11. The Balaban J connectivity index is 2.86. The van der Waals surface area contributed by atoms with E-state index in [9.17, 15) is 0 Å². The number of rotatable bonds is 3. The van der Waals surface area contributed by atoms with E-state index in [-0.39, 0.29) is 0 Å². The predicted octanol–water partition coefficient (Wildman–Crippen LogP) is 0.776. The molecule has 0 fully saturated rings. The molecule has 0 aliphatic heterocycles. The van der Waals surface area contributed by atoms with Crippen molar-refractivity contribution in [3.63, 3.8) is 0 Å². The zero-order chi connectivity index (χ0) is 10.7. The maximum atomic E-state index is 9.11. The molecule has 14 heavy (non-hydrogen) atoms. The normalized spacial score (nSPS) is 12.6. The Bertz CT molecular complexity index is 303. The van der Waals surface area contributed by atoms with Crippen LogP contribution in [0, 0.1) is 6.92 Å². The molecule has 2 nitrogen and oxygen atoms in total. The second-order valence-electron chi connectivity index (χ2n) is 3.55. The van der Waals surface area contributed by atoms with Crippen molar-refractivity contribution in [2.45, 2.75) is 20.0 Å². The van der Waals surface area contributed by atoms with E-state index in [2.05, 4.69) is 22.0 Å². The Hall–Kier alpha value is -0.475. The van der Waals surface area contributed by atoms with E-state index in [1.54, 1.807) is 6.92 Å². The standard InChI is InChI=1S/C10H14BBrO2/c1-6-3-8(11)4-9(12)10(6)14-5-7(2)13/h3-4,7,13H,5,11H2,1-2H3. The van der Waals surface area contributed by atoms with Crippen molar-refractivity contribution in [3.8, 4) is 5.75 Å². The quantitative estimate of drug-likeness (QED) is 0.810. The molecule has 0 heterocycles. The molecule has 0 radical (unpaired) electrons. The second-order valence-corrected chi connectivity index (χ2v) is 4.41. The SMILES string of the molecule is Bc1cc(C)c(OCC(C)O)c(Br)c1. The highest BCUT2D eigenvalue weighted by Crippen LogP contribution is 2.27. The van der Waals surface area contributed by atoms with Gasteiger partial charge in [0.05, 0.1) is 10.6 Å². The number of ether oxygens (including phenoxy) is 1. The fourth-order valence-electron chi connectivity index (χ4n) is 1.29. The minimum absolute atomic E-state index is 0.322. The van der Waals surface area contributed by atoms with Gasteiger partial charge in [0.2, 0.25) is 0 Å². The molecule has 4 heteroatoms. The van der Waals surface area contributed by atoms with Gasteiger partial charge in [-0.15, -0.1) is 0 Å². The minimum atomic E-state index is -0.442. The molecule has 1 aromatic rings. The third-order valence-electron chi connectivity index (χ3n) is 1.84. The van der Waals surface area contributed by atoms with Crippen molar-refractivity contribution in [1.82, 2.24) is 0 Å². The predicted molar refractivity (Wildman–Crippen MR) is 64.2 cm³/mol. The molecule has 1 atom stereocenters. The van der Waals surface area contributed by atoms with Gasteiger partial charge in [-0.2, -0.15) is 0 Å². The fraction of sp³-hybridized carbons (Fsp3) is 0.400. The van der Waals surface area contributed by atoms with Gasteiger partial charge < -0.3 is 9.84 Å². The van der Waals surface area contributed by atoms with E-state index in [4.69, 9.17) is 9.84 Å². The highest BCUT2D eigenvalue weighted by molar-refractivity contribution is 9.10. The van der Waals surface area contributed by atoms with Crippen LogP contribution in [0.3, 0.4) is 0 Å². The van der Waals surface area contributed by atoms with E-state index in [1.165, 1.54) is 5.46 Å². The molecule has 1 unspecified atom stereocenters. The van der Waals surface area contributed by atoms with E-state index >= 15 is 0 Å². The number of aliphatic hydroxyl groups is 1. The Kier molecular flexibility index (Phi) is 4.02. The number of benzene rings is 1. The van der Waals surface area contributed by atoms with E-state index in [0.717, 1.165) is 15.8 Å². The Morgan fingerprint density at radius 2 is 2.21 bits per heavy atom. The van der Waals surface area contributed by atoms with E-state index in [0.29, 0.717) is 6.61 Å². The number of halogens is 1. The molecule has 0 bridgehead atoms. The molecule has 76 valence electrons. The third-order valence-corrected chi connectivity index (χ3v) is 2.43. The van der Waals surface area contributed by atoms with Crippen molar-refractivity contribution >= 4 is 29.2 Å². The van der Waals surface area contributed by atoms with E-state index < -0.39 is 6.10 Å². The van der Waals surface area contributed by atoms with Crippen LogP contribution in [0.4, 0.5) is 0 Å². The number of aliphatic hydroxyl groups excluding tert-OH is 1. The maximum Gasteiger partial charge on any atom is 0.139 e. The lowest BCUT2D eigenvalue weighted by Crippen LogP contribution is -2.14. The zero-order valence-corrected chi connectivity index (χ0v) is 10.3. The van der Waals surface area contributed by atoms with Crippen LogP contribution in [-0.4, -0.2) is 25.7 Å². The lowest BCUT2D eigenvalue weighted by atomic mass is 9.94. The van der Waals surface area contributed by atoms with Crippen LogP contribution in [0.1, 0.15) is 12.5 Å². The van der Waals surface area contributed by atoms with Gasteiger partial charge in [-0.3, -0.25) is 0 Å². The lowest BCUT2D eigenvalue weighted by molar-refractivity contribution is 0.122. The summed E-state index contributed by atoms with van der Waals surface area (Å²) in [5.41, 5.74) is 2.27. The Morgan fingerprint density at radius 3 is 2.71 bits per heavy atom. The summed E-state index contributed by atoms with van der Waals surface area (Å²) in [5.74, 6) is 0.816. The van der Waals surface area contributed by atoms with Gasteiger partial charge in [0, 0.05) is 0 Å². The maximum absolute atomic E-state index is 9.11. The Morgan fingerprint density at radius 1 is 1.57 bits per heavy atom. The summed E-state index contributed by atoms with van der Waals surface area (Å²) < 4.78 is 6.43. The van der Waals surface area contributed by atoms with Gasteiger partial charge in [-0.05, 0) is 35.3 Å². The lowest BCUT2D eigenvalue weighted by Gasteiger charge is -2.13. The molecule has 0 saturated heterocycles. The third kappa shape index (κ3) is 3.03. The van der Waals surface area contributed by atoms with Gasteiger partial charge in [0.25, 0.3) is 0 Å². The highest BCUT2D eigenvalue weighted by atomic mass is 79.9. The van der Waals surface area contributed by atoms with Crippen LogP contribution in [-0.2, 0) is 0 Å². The molecule has 0 amide bonds. The van der Waals surface area contributed by atoms with Crippen LogP contribution in [0.25, 0.3) is 0 Å². The summed E-state index contributed by atoms with van der Waals surface area (Å²) in [7, 11) is 2.04. The van der Waals surface area contributed by atoms with Crippen LogP contribution < -0.4 is 10.2 Å². The first-order chi connectivity index (χ1) is 6.50. The zero-order valence-electron chi connectivity index (χ0n) is 8.67. The second kappa shape index (κ2) is 4.85. The van der Waals surface area contributed by atoms with Gasteiger partial charge in [-0.1, -0.05) is 17.6 Å². The monoisotopic (exact) mass is 256 g/mol. The molecule has 0 spiro atoms. The molecule has 0 aliphatic carbocycles. The van der Waals surface area contributed by atoms with Crippen LogP contribution in [0.2, 0.25) is 0 Å². The number of hydrogen-bond acceptors (Lipinski definition) is 2. The van der Waals surface area contributed by atoms with Crippen molar-refractivity contribution < 1.29 is 9.84 Å². The first kappa shape index (κ1) is 11.6. The van der Waals surface area contributed by atoms with Gasteiger partial charge in [0.15, 0.2) is 0 Å². The molecular formula is C10H14BBrO2. The summed E-state index contributed by atoms with van der Waals surface area (Å²) in [6.07, 6.45) is -0.442. The molecular weight excluding hydrogens is 243 g/mol. The van der Waals surface area contributed by atoms with Crippen molar-refractivity contribution in [2.75, 3.05) is 6.61 Å². The summed E-state index contributed by atoms with van der Waals surface area (Å²) >= 11 is 3.44. The molecule has 0 aromatic heterocycles. The summed E-state index contributed by atoms with van der Waals surface area (Å²) in [6, 6.07) is 4.06. The average Bonchev–Trinajstić information content (AvgIpc) is 2.01. The van der Waals surface area contributed by atoms with Crippen LogP contribution in [0.15, 0.2) is 16.6 Å². The van der Waals surface area contributed by atoms with Gasteiger partial charge in [0.1, 0.15) is 20.2 Å². The highest BCUT2D eigenvalue weighted by Gasteiger charge is 2.07. The van der Waals surface area contributed by atoms with E-state index in [1.807, 2.05) is 20.8 Å².